The van der Waals surface area contributed by atoms with E-state index in [0.717, 1.165) is 22.8 Å². The second-order valence-electron chi connectivity index (χ2n) is 7.06. The first-order valence-electron chi connectivity index (χ1n) is 9.77. The van der Waals surface area contributed by atoms with Crippen LogP contribution in [-0.2, 0) is 16.1 Å². The van der Waals surface area contributed by atoms with Gasteiger partial charge in [0.15, 0.2) is 0 Å². The summed E-state index contributed by atoms with van der Waals surface area (Å²) in [4.78, 5) is 38.2. The summed E-state index contributed by atoms with van der Waals surface area (Å²) in [6.07, 6.45) is 2.40. The van der Waals surface area contributed by atoms with Crippen LogP contribution in [0.25, 0.3) is 0 Å². The molecule has 0 radical (unpaired) electrons. The fraction of sp³-hybridized carbons (Fsp3) is 0.318. The number of nitrogens with two attached hydrogens (primary N) is 1. The first-order chi connectivity index (χ1) is 14.5. The molecule has 2 aromatic rings. The average Bonchev–Trinajstić information content (AvgIpc) is 2.90. The molecule has 0 spiro atoms. The minimum absolute atomic E-state index is 0.0740. The van der Waals surface area contributed by atoms with E-state index in [1.54, 1.807) is 24.3 Å². The Morgan fingerprint density at radius 3 is 2.63 bits per heavy atom. The van der Waals surface area contributed by atoms with Gasteiger partial charge in [-0.15, -0.1) is 0 Å². The van der Waals surface area contributed by atoms with Gasteiger partial charge in [0.2, 0.25) is 0 Å². The second kappa shape index (κ2) is 10.9. The van der Waals surface area contributed by atoms with Crippen molar-refractivity contribution in [3.63, 3.8) is 0 Å². The summed E-state index contributed by atoms with van der Waals surface area (Å²) in [6, 6.07) is 13.4. The number of benzene rings is 2. The van der Waals surface area contributed by atoms with E-state index in [2.05, 4.69) is 10.6 Å². The third-order valence-corrected chi connectivity index (χ3v) is 11.0. The first-order valence-corrected chi connectivity index (χ1v) is 14.3. The van der Waals surface area contributed by atoms with Crippen LogP contribution in [0.15, 0.2) is 48.5 Å². The number of anilines is 1. The van der Waals surface area contributed by atoms with Crippen LogP contribution in [0.4, 0.5) is 5.69 Å². The van der Waals surface area contributed by atoms with Gasteiger partial charge in [-0.05, 0) is 0 Å². The predicted octanol–water partition coefficient (Wildman–Crippen LogP) is 3.75. The third kappa shape index (κ3) is 6.26. The summed E-state index contributed by atoms with van der Waals surface area (Å²) in [5, 5.41) is 6.31. The van der Waals surface area contributed by atoms with Crippen molar-refractivity contribution in [2.75, 3.05) is 14.2 Å². The summed E-state index contributed by atoms with van der Waals surface area (Å²) in [5.41, 5.74) is 7.74. The van der Waals surface area contributed by atoms with Crippen molar-refractivity contribution >= 4 is 52.7 Å². The fourth-order valence-corrected chi connectivity index (χ4v) is 8.65. The van der Waals surface area contributed by atoms with Crippen molar-refractivity contribution in [3.05, 3.63) is 64.7 Å². The van der Waals surface area contributed by atoms with E-state index in [0.29, 0.717) is 29.2 Å². The molecule has 1 atom stereocenters. The third-order valence-electron chi connectivity index (χ3n) is 4.78. The van der Waals surface area contributed by atoms with E-state index in [9.17, 15) is 14.4 Å². The molecule has 0 bridgehead atoms. The molecule has 1 aliphatic rings. The standard InChI is InChI=1S/C22H25ClIN3O3/c23-17-9-7-16(8-10-17)22(30)27-19-6-1-2-11-24(21(19)29)13-20(28)26-18-5-3-4-15(12-18)14-25/h3-5,7-10,12,19H,1-2,6,11,13-14,25H2,(H,26,28)(H,27,30). The van der Waals surface area contributed by atoms with Gasteiger partial charge in [-0.3, -0.25) is 0 Å². The average molecular weight is 542 g/mol. The number of hydrogen-bond acceptors (Lipinski definition) is 4. The summed E-state index contributed by atoms with van der Waals surface area (Å²) in [5.74, 6) is -0.432. The molecule has 160 valence electrons. The normalized spacial score (nSPS) is 17.9. The number of carbonyl (C=O) groups excluding carboxylic acids is 3. The van der Waals surface area contributed by atoms with Gasteiger partial charge in [0.25, 0.3) is 0 Å². The van der Waals surface area contributed by atoms with Gasteiger partial charge in [0.1, 0.15) is 0 Å². The molecule has 1 saturated heterocycles. The topological polar surface area (TPSA) is 101 Å². The van der Waals surface area contributed by atoms with Crippen LogP contribution in [0.3, 0.4) is 0 Å². The maximum absolute atomic E-state index is 13.1. The van der Waals surface area contributed by atoms with Crippen LogP contribution < -0.4 is 16.4 Å². The molecule has 1 heterocycles. The number of amides is 2. The van der Waals surface area contributed by atoms with Gasteiger partial charge >= 0.3 is 189 Å². The van der Waals surface area contributed by atoms with E-state index < -0.39 is 25.9 Å². The number of carbonyl (C=O) groups is 3. The summed E-state index contributed by atoms with van der Waals surface area (Å²) in [6.45, 7) is 0.399. The Morgan fingerprint density at radius 1 is 1.13 bits per heavy atom. The molecule has 4 N–H and O–H groups in total. The zero-order valence-corrected chi connectivity index (χ0v) is 19.4. The van der Waals surface area contributed by atoms with Gasteiger partial charge in [-0.1, -0.05) is 0 Å². The second-order valence-corrected chi connectivity index (χ2v) is 13.0. The van der Waals surface area contributed by atoms with Crippen molar-refractivity contribution in [2.45, 2.75) is 31.8 Å². The molecule has 0 aliphatic carbocycles. The Labute approximate surface area is 188 Å². The molecule has 1 unspecified atom stereocenters. The Bertz CT molecular complexity index is 920. The zero-order chi connectivity index (χ0) is 21.5. The number of alkyl halides is 2. The molecule has 2 aromatic carbocycles. The van der Waals surface area contributed by atoms with E-state index in [4.69, 9.17) is 17.3 Å². The summed E-state index contributed by atoms with van der Waals surface area (Å²) in [7, 11) is 0. The molecular weight excluding hydrogens is 517 g/mol. The van der Waals surface area contributed by atoms with Gasteiger partial charge in [0.05, 0.1) is 0 Å². The molecule has 30 heavy (non-hydrogen) atoms. The molecule has 0 aromatic heterocycles. The van der Waals surface area contributed by atoms with E-state index >= 15 is 0 Å². The molecule has 3 rings (SSSR count). The molecule has 6 nitrogen and oxygen atoms in total. The molecule has 2 amide bonds. The van der Waals surface area contributed by atoms with Crippen molar-refractivity contribution in [1.82, 2.24) is 5.32 Å². The van der Waals surface area contributed by atoms with Crippen molar-refractivity contribution < 1.29 is 14.4 Å². The van der Waals surface area contributed by atoms with Gasteiger partial charge in [0, 0.05) is 0 Å². The van der Waals surface area contributed by atoms with Gasteiger partial charge in [-0.25, -0.2) is 0 Å². The number of rotatable bonds is 6. The fourth-order valence-electron chi connectivity index (χ4n) is 3.22. The Morgan fingerprint density at radius 2 is 1.90 bits per heavy atom. The monoisotopic (exact) mass is 541 g/mol. The summed E-state index contributed by atoms with van der Waals surface area (Å²) >= 11 is 3.65. The van der Waals surface area contributed by atoms with Gasteiger partial charge < -0.3 is 0 Å². The van der Waals surface area contributed by atoms with E-state index in [1.807, 2.05) is 24.3 Å². The maximum atomic E-state index is 13.1. The Kier molecular flexibility index (Phi) is 8.24. The molecule has 1 aliphatic heterocycles. The number of nitrogens with one attached hydrogen (secondary N) is 2. The molecule has 1 fully saturated rings. The Hall–Kier alpha value is -1.97. The van der Waals surface area contributed by atoms with E-state index in [-0.39, 0.29) is 20.0 Å². The number of hydrogen-bond donors (Lipinski definition) is 3. The van der Waals surface area contributed by atoms with Gasteiger partial charge in [-0.2, -0.15) is 0 Å². The first kappa shape index (κ1) is 22.7. The van der Waals surface area contributed by atoms with Crippen LogP contribution in [-0.4, -0.2) is 30.5 Å². The molecule has 8 heteroatoms. The van der Waals surface area contributed by atoms with Crippen molar-refractivity contribution in [2.24, 2.45) is 5.73 Å². The van der Waals surface area contributed by atoms with Crippen LogP contribution >= 0.6 is 31.4 Å². The van der Waals surface area contributed by atoms with Crippen molar-refractivity contribution in [1.29, 1.82) is 0 Å². The zero-order valence-electron chi connectivity index (χ0n) is 16.5. The van der Waals surface area contributed by atoms with Crippen LogP contribution in [0.2, 0.25) is 5.02 Å². The molecule has 0 saturated carbocycles. The van der Waals surface area contributed by atoms with E-state index in [1.165, 1.54) is 0 Å². The van der Waals surface area contributed by atoms with Crippen LogP contribution in [0.5, 0.6) is 0 Å². The predicted molar refractivity (Wildman–Crippen MR) is 128 cm³/mol. The number of halogens is 2. The Balaban J connectivity index is 1.62. The van der Waals surface area contributed by atoms with Crippen LogP contribution in [0.1, 0.15) is 35.2 Å². The minimum atomic E-state index is -2.22. The molecular formula is C22H25ClIN3O3. The van der Waals surface area contributed by atoms with Crippen molar-refractivity contribution in [3.8, 4) is 0 Å². The quantitative estimate of drug-likeness (QED) is 0.295. The summed E-state index contributed by atoms with van der Waals surface area (Å²) < 4.78 is 1.12. The van der Waals surface area contributed by atoms with Crippen LogP contribution in [0, 0.1) is 0 Å². The SMILES string of the molecule is NCc1cccc(NC(=O)CI2CCCCC(NC(=O)c3ccc(Cl)cc3)C2=O)c1.